The zero-order valence-corrected chi connectivity index (χ0v) is 18.2. The predicted octanol–water partition coefficient (Wildman–Crippen LogP) is 2.40. The Labute approximate surface area is 183 Å². The van der Waals surface area contributed by atoms with Crippen LogP contribution < -0.4 is 9.64 Å². The summed E-state index contributed by atoms with van der Waals surface area (Å²) in [6.45, 7) is 2.74. The zero-order chi connectivity index (χ0) is 21.9. The van der Waals surface area contributed by atoms with Gasteiger partial charge in [-0.25, -0.2) is 9.78 Å². The Morgan fingerprint density at radius 2 is 2.03 bits per heavy atom. The van der Waals surface area contributed by atoms with Crippen molar-refractivity contribution in [2.45, 2.75) is 44.3 Å². The van der Waals surface area contributed by atoms with E-state index in [-0.39, 0.29) is 29.8 Å². The van der Waals surface area contributed by atoms with Crippen molar-refractivity contribution in [3.8, 4) is 5.75 Å². The van der Waals surface area contributed by atoms with E-state index in [1.165, 1.54) is 16.2 Å². The third-order valence-corrected chi connectivity index (χ3v) is 7.77. The molecule has 3 fully saturated rings. The van der Waals surface area contributed by atoms with Crippen LogP contribution in [0.5, 0.6) is 5.75 Å². The number of para-hydroxylation sites is 1. The van der Waals surface area contributed by atoms with Gasteiger partial charge in [-0.15, -0.1) is 0 Å². The maximum absolute atomic E-state index is 13.3. The number of likely N-dealkylation sites (tertiary alicyclic amines) is 2. The number of anilines is 1. The van der Waals surface area contributed by atoms with Crippen molar-refractivity contribution in [3.63, 3.8) is 0 Å². The van der Waals surface area contributed by atoms with Crippen LogP contribution in [0.1, 0.15) is 26.2 Å². The number of aromatic nitrogens is 1. The van der Waals surface area contributed by atoms with Gasteiger partial charge in [-0.05, 0) is 31.4 Å². The topological polar surface area (TPSA) is 103 Å². The van der Waals surface area contributed by atoms with Gasteiger partial charge in [0.15, 0.2) is 5.13 Å². The maximum Gasteiger partial charge on any atom is 0.407 e. The van der Waals surface area contributed by atoms with Gasteiger partial charge < -0.3 is 14.7 Å². The number of ether oxygens (including phenoxy) is 1. The quantitative estimate of drug-likeness (QED) is 0.780. The van der Waals surface area contributed by atoms with Crippen LogP contribution in [0.25, 0.3) is 10.2 Å². The molecule has 3 amide bonds. The third-order valence-electron chi connectivity index (χ3n) is 6.75. The molecule has 0 radical (unpaired) electrons. The Morgan fingerprint density at radius 3 is 2.77 bits per heavy atom. The molecule has 10 heteroatoms. The molecule has 164 valence electrons. The van der Waals surface area contributed by atoms with Gasteiger partial charge in [-0.2, -0.15) is 0 Å². The summed E-state index contributed by atoms with van der Waals surface area (Å²) in [6.07, 6.45) is 0.799. The average Bonchev–Trinajstić information content (AvgIpc) is 3.52. The van der Waals surface area contributed by atoms with Crippen LogP contribution >= 0.6 is 11.3 Å². The predicted molar refractivity (Wildman–Crippen MR) is 114 cm³/mol. The number of carboxylic acid groups (broad SMARTS) is 1. The molecule has 3 aliphatic rings. The van der Waals surface area contributed by atoms with Gasteiger partial charge in [0.1, 0.15) is 17.3 Å². The number of hydrogen-bond acceptors (Lipinski definition) is 6. The van der Waals surface area contributed by atoms with Crippen molar-refractivity contribution in [1.29, 1.82) is 0 Å². The van der Waals surface area contributed by atoms with Crippen LogP contribution in [0.3, 0.4) is 0 Å². The van der Waals surface area contributed by atoms with Crippen LogP contribution in [0, 0.1) is 5.92 Å². The number of benzene rings is 1. The molecule has 0 bridgehead atoms. The lowest BCUT2D eigenvalue weighted by atomic mass is 10.0. The summed E-state index contributed by atoms with van der Waals surface area (Å²) in [7, 11) is 1.59. The lowest BCUT2D eigenvalue weighted by molar-refractivity contribution is -0.137. The minimum Gasteiger partial charge on any atom is -0.494 e. The number of carbonyl (C=O) groups excluding carboxylic acids is 2. The van der Waals surface area contributed by atoms with Crippen molar-refractivity contribution < 1.29 is 24.2 Å². The molecule has 9 nitrogen and oxygen atoms in total. The number of methoxy groups -OCH3 is 1. The molecular formula is C21H24N4O5S. The molecule has 0 saturated carbocycles. The number of thiazole rings is 1. The fraction of sp³-hybridized carbons (Fsp3) is 0.524. The first-order valence-electron chi connectivity index (χ1n) is 10.5. The molecule has 1 aromatic carbocycles. The van der Waals surface area contributed by atoms with Crippen molar-refractivity contribution in [3.05, 3.63) is 18.2 Å². The molecule has 2 aromatic rings. The number of fused-ring (bicyclic) bond motifs is 2. The summed E-state index contributed by atoms with van der Waals surface area (Å²) < 4.78 is 6.35. The van der Waals surface area contributed by atoms with Gasteiger partial charge in [-0.1, -0.05) is 24.3 Å². The van der Waals surface area contributed by atoms with E-state index in [4.69, 9.17) is 9.72 Å². The smallest absolute Gasteiger partial charge is 0.407 e. The molecule has 4 heterocycles. The first-order valence-corrected chi connectivity index (χ1v) is 11.3. The number of nitrogens with zero attached hydrogens (tertiary/aromatic N) is 4. The van der Waals surface area contributed by atoms with E-state index in [1.54, 1.807) is 16.9 Å². The van der Waals surface area contributed by atoms with Crippen LogP contribution in [0.2, 0.25) is 0 Å². The Balaban J connectivity index is 1.45. The van der Waals surface area contributed by atoms with E-state index in [9.17, 15) is 19.5 Å². The van der Waals surface area contributed by atoms with E-state index >= 15 is 0 Å². The van der Waals surface area contributed by atoms with Crippen molar-refractivity contribution in [2.75, 3.05) is 25.1 Å². The molecule has 0 aliphatic carbocycles. The van der Waals surface area contributed by atoms with Crippen LogP contribution in [-0.2, 0) is 9.59 Å². The number of rotatable bonds is 3. The minimum atomic E-state index is -1.06. The summed E-state index contributed by atoms with van der Waals surface area (Å²) in [4.78, 5) is 47.5. The highest BCUT2D eigenvalue weighted by Crippen LogP contribution is 2.43. The average molecular weight is 445 g/mol. The van der Waals surface area contributed by atoms with Crippen LogP contribution in [0.15, 0.2) is 18.2 Å². The molecule has 3 aliphatic heterocycles. The fourth-order valence-electron chi connectivity index (χ4n) is 5.33. The highest BCUT2D eigenvalue weighted by molar-refractivity contribution is 7.22. The largest absolute Gasteiger partial charge is 0.494 e. The Bertz CT molecular complexity index is 1070. The summed E-state index contributed by atoms with van der Waals surface area (Å²) >= 11 is 1.44. The Morgan fingerprint density at radius 1 is 1.23 bits per heavy atom. The Kier molecular flexibility index (Phi) is 4.76. The standard InChI is InChI=1S/C21H24N4O5S/c1-11-17-12(8-10-24(17)19(27)13-5-4-9-23(13)21(28)29)25(18(11)26)20-22-16-14(30-2)6-3-7-15(16)31-20/h3,6-7,11-13,17H,4-5,8-10H2,1-2H3,(H,28,29)/t11-,12-,13-,17+/m0/s1. The van der Waals surface area contributed by atoms with E-state index in [0.717, 1.165) is 10.2 Å². The van der Waals surface area contributed by atoms with E-state index in [0.29, 0.717) is 43.2 Å². The summed E-state index contributed by atoms with van der Waals surface area (Å²) in [6, 6.07) is 4.61. The van der Waals surface area contributed by atoms with Gasteiger partial charge in [0.05, 0.1) is 29.8 Å². The zero-order valence-electron chi connectivity index (χ0n) is 17.4. The molecule has 0 unspecified atom stereocenters. The van der Waals surface area contributed by atoms with Gasteiger partial charge in [0, 0.05) is 13.1 Å². The third kappa shape index (κ3) is 2.95. The summed E-state index contributed by atoms with van der Waals surface area (Å²) in [5.74, 6) is 0.0615. The van der Waals surface area contributed by atoms with Gasteiger partial charge >= 0.3 is 6.09 Å². The Hall–Kier alpha value is -2.88. The molecule has 3 saturated heterocycles. The molecule has 1 aromatic heterocycles. The van der Waals surface area contributed by atoms with E-state index in [2.05, 4.69) is 0 Å². The molecule has 31 heavy (non-hydrogen) atoms. The molecule has 0 spiro atoms. The highest BCUT2D eigenvalue weighted by atomic mass is 32.1. The fourth-order valence-corrected chi connectivity index (χ4v) is 6.38. The SMILES string of the molecule is COc1cccc2sc(N3C(=O)[C@@H](C)[C@@H]4[C@@H]3CCN4C(=O)[C@@H]3CCCN3C(=O)O)nc12. The second-order valence-corrected chi connectivity index (χ2v) is 9.32. The highest BCUT2D eigenvalue weighted by Gasteiger charge is 2.55. The summed E-state index contributed by atoms with van der Waals surface area (Å²) in [5.41, 5.74) is 0.725. The molecular weight excluding hydrogens is 420 g/mol. The number of hydrogen-bond donors (Lipinski definition) is 1. The molecule has 1 N–H and O–H groups in total. The first kappa shape index (κ1) is 20.0. The van der Waals surface area contributed by atoms with Crippen molar-refractivity contribution in [1.82, 2.24) is 14.8 Å². The number of amides is 3. The normalized spacial score (nSPS) is 27.9. The van der Waals surface area contributed by atoms with Gasteiger partial charge in [-0.3, -0.25) is 19.4 Å². The van der Waals surface area contributed by atoms with Gasteiger partial charge in [0.25, 0.3) is 0 Å². The molecule has 4 atom stereocenters. The van der Waals surface area contributed by atoms with Crippen LogP contribution in [0.4, 0.5) is 9.93 Å². The lowest BCUT2D eigenvalue weighted by Gasteiger charge is -2.31. The van der Waals surface area contributed by atoms with E-state index < -0.39 is 12.1 Å². The van der Waals surface area contributed by atoms with Crippen molar-refractivity contribution >= 4 is 44.6 Å². The monoisotopic (exact) mass is 444 g/mol. The van der Waals surface area contributed by atoms with Gasteiger partial charge in [0.2, 0.25) is 11.8 Å². The number of carbonyl (C=O) groups is 3. The van der Waals surface area contributed by atoms with Crippen LogP contribution in [-0.4, -0.2) is 76.1 Å². The second kappa shape index (κ2) is 7.37. The summed E-state index contributed by atoms with van der Waals surface area (Å²) in [5, 5.41) is 10.1. The first-order chi connectivity index (χ1) is 14.9. The van der Waals surface area contributed by atoms with E-state index in [1.807, 2.05) is 25.1 Å². The lowest BCUT2D eigenvalue weighted by Crippen LogP contribution is -2.51. The second-order valence-electron chi connectivity index (χ2n) is 8.31. The minimum absolute atomic E-state index is 0.0490. The molecule has 5 rings (SSSR count). The van der Waals surface area contributed by atoms with Crippen molar-refractivity contribution in [2.24, 2.45) is 5.92 Å². The maximum atomic E-state index is 13.3.